The zero-order valence-corrected chi connectivity index (χ0v) is 20.2. The van der Waals surface area contributed by atoms with Crippen LogP contribution in [0.25, 0.3) is 10.2 Å². The van der Waals surface area contributed by atoms with Gasteiger partial charge in [0.25, 0.3) is 5.91 Å². The Balaban J connectivity index is 1.78. The molecule has 0 unspecified atom stereocenters. The number of benzene rings is 2. The van der Waals surface area contributed by atoms with Crippen LogP contribution in [0, 0.1) is 15.9 Å². The quantitative estimate of drug-likeness (QED) is 0.181. The predicted octanol–water partition coefficient (Wildman–Crippen LogP) is 5.11. The van der Waals surface area contributed by atoms with Gasteiger partial charge in [-0.05, 0) is 36.4 Å². The Labute approximate surface area is 205 Å². The van der Waals surface area contributed by atoms with Crippen molar-refractivity contribution >= 4 is 55.1 Å². The summed E-state index contributed by atoms with van der Waals surface area (Å²) in [6.07, 6.45) is 1.39. The van der Waals surface area contributed by atoms with Crippen LogP contribution in [0.5, 0.6) is 17.2 Å². The molecular weight excluding hydrogens is 499 g/mol. The van der Waals surface area contributed by atoms with E-state index in [0.29, 0.717) is 44.4 Å². The van der Waals surface area contributed by atoms with Crippen molar-refractivity contribution in [3.8, 4) is 17.2 Å². The van der Waals surface area contributed by atoms with Gasteiger partial charge in [-0.15, -0.1) is 0 Å². The number of hydrogen-bond donors (Lipinski definition) is 0. The third kappa shape index (κ3) is 4.90. The highest BCUT2D eigenvalue weighted by Crippen LogP contribution is 2.38. The fourth-order valence-electron chi connectivity index (χ4n) is 3.11. The summed E-state index contributed by atoms with van der Waals surface area (Å²) in [6, 6.07) is 9.92. The molecule has 0 saturated heterocycles. The molecule has 13 heteroatoms. The number of methoxy groups -OCH3 is 3. The first-order valence-corrected chi connectivity index (χ1v) is 11.5. The second-order valence-electron chi connectivity index (χ2n) is 6.82. The number of nitro groups is 1. The number of ether oxygens (including phenoxy) is 3. The van der Waals surface area contributed by atoms with Crippen molar-refractivity contribution in [1.29, 1.82) is 0 Å². The number of carbonyl (C=O) groups is 1. The fourth-order valence-corrected chi connectivity index (χ4v) is 4.80. The van der Waals surface area contributed by atoms with Crippen molar-refractivity contribution in [3.05, 3.63) is 68.8 Å². The number of aromatic nitrogens is 1. The Morgan fingerprint density at radius 2 is 1.80 bits per heavy atom. The normalized spacial score (nSPS) is 11.1. The summed E-state index contributed by atoms with van der Waals surface area (Å²) in [5.41, 5.74) is 0.992. The van der Waals surface area contributed by atoms with E-state index in [2.05, 4.69) is 10.1 Å². The lowest BCUT2D eigenvalue weighted by Crippen LogP contribution is -2.24. The van der Waals surface area contributed by atoms with Crippen molar-refractivity contribution in [2.45, 2.75) is 0 Å². The maximum atomic E-state index is 13.7. The Kier molecular flexibility index (Phi) is 6.89. The summed E-state index contributed by atoms with van der Waals surface area (Å²) in [5, 5.41) is 16.4. The number of thiophene rings is 1. The van der Waals surface area contributed by atoms with Crippen LogP contribution >= 0.6 is 22.7 Å². The standard InChI is InChI=1S/C22H17FN4O6S2/c1-31-15-8-12(9-16(32-2)20(15)33-3)11-24-26(21(28)17-6-7-19(34-17)27(29)30)22-25-14-5-4-13(23)10-18(14)35-22/h4-11H,1-3H3/b24-11+. The average Bonchev–Trinajstić information content (AvgIpc) is 3.50. The van der Waals surface area contributed by atoms with Crippen LogP contribution < -0.4 is 19.2 Å². The molecule has 0 aliphatic heterocycles. The molecule has 0 fully saturated rings. The zero-order valence-electron chi connectivity index (χ0n) is 18.6. The molecule has 10 nitrogen and oxygen atoms in total. The molecule has 0 spiro atoms. The third-order valence-corrected chi connectivity index (χ3v) is 6.72. The van der Waals surface area contributed by atoms with E-state index in [9.17, 15) is 19.3 Å². The molecule has 2 heterocycles. The molecule has 0 aliphatic carbocycles. The molecule has 4 aromatic rings. The van der Waals surface area contributed by atoms with Gasteiger partial charge < -0.3 is 14.2 Å². The summed E-state index contributed by atoms with van der Waals surface area (Å²) >= 11 is 1.77. The van der Waals surface area contributed by atoms with Crippen molar-refractivity contribution < 1.29 is 28.3 Å². The van der Waals surface area contributed by atoms with Gasteiger partial charge in [0.05, 0.1) is 42.7 Å². The number of hydrazone groups is 1. The minimum absolute atomic E-state index is 0.0872. The Morgan fingerprint density at radius 3 is 2.40 bits per heavy atom. The van der Waals surface area contributed by atoms with Gasteiger partial charge in [0.15, 0.2) is 11.5 Å². The van der Waals surface area contributed by atoms with Gasteiger partial charge in [-0.3, -0.25) is 14.9 Å². The van der Waals surface area contributed by atoms with Gasteiger partial charge in [0.2, 0.25) is 10.9 Å². The number of nitrogens with zero attached hydrogens (tertiary/aromatic N) is 4. The summed E-state index contributed by atoms with van der Waals surface area (Å²) in [4.78, 5) is 28.3. The topological polar surface area (TPSA) is 116 Å². The van der Waals surface area contributed by atoms with Crippen molar-refractivity contribution in [2.24, 2.45) is 5.10 Å². The Bertz CT molecular complexity index is 1430. The van der Waals surface area contributed by atoms with E-state index in [0.717, 1.165) is 16.3 Å². The van der Waals surface area contributed by atoms with Crippen LogP contribution in [-0.4, -0.2) is 43.4 Å². The van der Waals surface area contributed by atoms with Gasteiger partial charge in [-0.2, -0.15) is 10.1 Å². The van der Waals surface area contributed by atoms with Gasteiger partial charge >= 0.3 is 5.00 Å². The van der Waals surface area contributed by atoms with Crippen molar-refractivity contribution in [1.82, 2.24) is 4.98 Å². The van der Waals surface area contributed by atoms with Crippen LogP contribution in [0.2, 0.25) is 0 Å². The van der Waals surface area contributed by atoms with E-state index >= 15 is 0 Å². The third-order valence-electron chi connectivity index (χ3n) is 4.70. The summed E-state index contributed by atoms with van der Waals surface area (Å²) in [7, 11) is 4.42. The number of thiazole rings is 1. The molecule has 180 valence electrons. The molecule has 0 atom stereocenters. The van der Waals surface area contributed by atoms with Crippen LogP contribution in [-0.2, 0) is 0 Å². The lowest BCUT2D eigenvalue weighted by Gasteiger charge is -2.14. The second-order valence-corrected chi connectivity index (χ2v) is 8.90. The lowest BCUT2D eigenvalue weighted by atomic mass is 10.2. The van der Waals surface area contributed by atoms with E-state index in [-0.39, 0.29) is 15.0 Å². The predicted molar refractivity (Wildman–Crippen MR) is 131 cm³/mol. The minimum atomic E-state index is -0.633. The first-order chi connectivity index (χ1) is 16.8. The van der Waals surface area contributed by atoms with E-state index in [1.54, 1.807) is 12.1 Å². The first kappa shape index (κ1) is 24.0. The van der Waals surface area contributed by atoms with Gasteiger partial charge in [-0.1, -0.05) is 22.7 Å². The highest BCUT2D eigenvalue weighted by molar-refractivity contribution is 7.22. The number of fused-ring (bicyclic) bond motifs is 1. The molecule has 0 N–H and O–H groups in total. The van der Waals surface area contributed by atoms with Gasteiger partial charge in [0.1, 0.15) is 10.7 Å². The van der Waals surface area contributed by atoms with Crippen LogP contribution in [0.15, 0.2) is 47.6 Å². The van der Waals surface area contributed by atoms with Gasteiger partial charge in [0, 0.05) is 11.6 Å². The molecule has 1 amide bonds. The fraction of sp³-hybridized carbons (Fsp3) is 0.136. The molecule has 0 bridgehead atoms. The molecule has 2 aromatic carbocycles. The number of amides is 1. The number of anilines is 1. The van der Waals surface area contributed by atoms with Crippen LogP contribution in [0.4, 0.5) is 14.5 Å². The smallest absolute Gasteiger partial charge is 0.324 e. The lowest BCUT2D eigenvalue weighted by molar-refractivity contribution is -0.380. The maximum absolute atomic E-state index is 13.7. The van der Waals surface area contributed by atoms with E-state index in [1.807, 2.05) is 0 Å². The van der Waals surface area contributed by atoms with E-state index in [1.165, 1.54) is 57.9 Å². The number of carbonyl (C=O) groups excluding carboxylic acids is 1. The highest BCUT2D eigenvalue weighted by Gasteiger charge is 2.25. The zero-order chi connectivity index (χ0) is 25.1. The summed E-state index contributed by atoms with van der Waals surface area (Å²) < 4.78 is 30.2. The van der Waals surface area contributed by atoms with Crippen LogP contribution in [0.1, 0.15) is 15.2 Å². The number of hydrogen-bond acceptors (Lipinski definition) is 10. The molecule has 4 rings (SSSR count). The summed E-state index contributed by atoms with van der Waals surface area (Å²) in [6.45, 7) is 0. The first-order valence-electron chi connectivity index (χ1n) is 9.83. The van der Waals surface area contributed by atoms with Crippen molar-refractivity contribution in [3.63, 3.8) is 0 Å². The monoisotopic (exact) mass is 516 g/mol. The SMILES string of the molecule is COc1cc(/C=N/N(C(=O)c2ccc([N+](=O)[O-])s2)c2nc3ccc(F)cc3s2)cc(OC)c1OC. The largest absolute Gasteiger partial charge is 0.493 e. The molecule has 0 aliphatic rings. The minimum Gasteiger partial charge on any atom is -0.493 e. The average molecular weight is 517 g/mol. The van der Waals surface area contributed by atoms with E-state index < -0.39 is 16.6 Å². The highest BCUT2D eigenvalue weighted by atomic mass is 32.1. The molecule has 0 radical (unpaired) electrons. The number of rotatable bonds is 8. The van der Waals surface area contributed by atoms with Gasteiger partial charge in [-0.25, -0.2) is 9.37 Å². The molecule has 0 saturated carbocycles. The maximum Gasteiger partial charge on any atom is 0.324 e. The number of halogens is 1. The molecule has 2 aromatic heterocycles. The second kappa shape index (κ2) is 10.0. The van der Waals surface area contributed by atoms with Crippen molar-refractivity contribution in [2.75, 3.05) is 26.3 Å². The molecule has 35 heavy (non-hydrogen) atoms. The van der Waals surface area contributed by atoms with Crippen LogP contribution in [0.3, 0.4) is 0 Å². The Hall–Kier alpha value is -4.10. The van der Waals surface area contributed by atoms with E-state index in [4.69, 9.17) is 14.2 Å². The molecular formula is C22H17FN4O6S2. The summed E-state index contributed by atoms with van der Waals surface area (Å²) in [5.74, 6) is 0.0805. The Morgan fingerprint density at radius 1 is 1.09 bits per heavy atom.